The summed E-state index contributed by atoms with van der Waals surface area (Å²) < 4.78 is 2.34. The monoisotopic (exact) mass is 420 g/mol. The van der Waals surface area contributed by atoms with Gasteiger partial charge in [-0.25, -0.2) is 4.98 Å². The van der Waals surface area contributed by atoms with Gasteiger partial charge in [-0.1, -0.05) is 22.4 Å². The molecule has 1 aliphatic rings. The molecule has 2 heterocycles. The first kappa shape index (κ1) is 19.0. The van der Waals surface area contributed by atoms with Crippen LogP contribution >= 0.6 is 15.9 Å². The Morgan fingerprint density at radius 2 is 2.00 bits per heavy atom. The first-order valence-corrected chi connectivity index (χ1v) is 10.1. The number of hydrogen-bond donors (Lipinski definition) is 1. The topological polar surface area (TPSA) is 67.2 Å². The molecule has 1 aromatic heterocycles. The normalized spacial score (nSPS) is 15.3. The first-order chi connectivity index (χ1) is 12.6. The molecule has 26 heavy (non-hydrogen) atoms. The molecule has 1 aromatic carbocycles. The molecule has 1 fully saturated rings. The van der Waals surface area contributed by atoms with Crippen molar-refractivity contribution in [3.8, 4) is 0 Å². The molecule has 0 aliphatic carbocycles. The second-order valence-corrected chi connectivity index (χ2v) is 7.68. The van der Waals surface area contributed by atoms with Crippen molar-refractivity contribution in [3.05, 3.63) is 39.4 Å². The fourth-order valence-corrected chi connectivity index (χ4v) is 3.68. The summed E-state index contributed by atoms with van der Waals surface area (Å²) in [7, 11) is 0. The van der Waals surface area contributed by atoms with Crippen molar-refractivity contribution in [2.24, 2.45) is 0 Å². The maximum Gasteiger partial charge on any atom is 0.261 e. The van der Waals surface area contributed by atoms with Crippen LogP contribution in [0, 0.1) is 0 Å². The van der Waals surface area contributed by atoms with Crippen LogP contribution < -0.4 is 10.9 Å². The van der Waals surface area contributed by atoms with Crippen molar-refractivity contribution in [1.82, 2.24) is 19.8 Å². The zero-order valence-electron chi connectivity index (χ0n) is 14.9. The summed E-state index contributed by atoms with van der Waals surface area (Å²) in [6.45, 7) is 4.44. The van der Waals surface area contributed by atoms with Crippen molar-refractivity contribution in [2.75, 3.05) is 26.2 Å². The third kappa shape index (κ3) is 5.14. The molecule has 0 spiro atoms. The van der Waals surface area contributed by atoms with E-state index in [2.05, 4.69) is 31.1 Å². The summed E-state index contributed by atoms with van der Waals surface area (Å²) >= 11 is 3.37. The van der Waals surface area contributed by atoms with Crippen LogP contribution in [0.1, 0.15) is 32.1 Å². The van der Waals surface area contributed by atoms with Crippen molar-refractivity contribution < 1.29 is 4.79 Å². The highest BCUT2D eigenvalue weighted by Crippen LogP contribution is 2.14. The van der Waals surface area contributed by atoms with Crippen LogP contribution in [-0.4, -0.2) is 46.5 Å². The smallest absolute Gasteiger partial charge is 0.261 e. The van der Waals surface area contributed by atoms with E-state index in [4.69, 9.17) is 0 Å². The number of carbonyl (C=O) groups excluding carboxylic acids is 1. The Hall–Kier alpha value is -1.73. The van der Waals surface area contributed by atoms with Crippen LogP contribution in [0.3, 0.4) is 0 Å². The predicted octanol–water partition coefficient (Wildman–Crippen LogP) is 2.54. The highest BCUT2D eigenvalue weighted by atomic mass is 79.9. The predicted molar refractivity (Wildman–Crippen MR) is 106 cm³/mol. The van der Waals surface area contributed by atoms with Gasteiger partial charge in [0.2, 0.25) is 5.91 Å². The van der Waals surface area contributed by atoms with Gasteiger partial charge in [0.1, 0.15) is 0 Å². The minimum Gasteiger partial charge on any atom is -0.356 e. The maximum absolute atomic E-state index is 12.5. The molecule has 1 N–H and O–H groups in total. The molecule has 0 atom stereocenters. The molecule has 0 saturated carbocycles. The largest absolute Gasteiger partial charge is 0.356 e. The van der Waals surface area contributed by atoms with Crippen LogP contribution in [0.5, 0.6) is 0 Å². The number of halogens is 1. The number of aromatic nitrogens is 2. The number of piperidine rings is 1. The Labute approximate surface area is 161 Å². The van der Waals surface area contributed by atoms with Gasteiger partial charge in [-0.15, -0.1) is 0 Å². The number of nitrogens with one attached hydrogen (secondary N) is 1. The summed E-state index contributed by atoms with van der Waals surface area (Å²) in [5.41, 5.74) is 0.547. The highest BCUT2D eigenvalue weighted by Gasteiger charge is 2.10. The average molecular weight is 421 g/mol. The lowest BCUT2D eigenvalue weighted by Gasteiger charge is -2.26. The third-order valence-corrected chi connectivity index (χ3v) is 5.28. The van der Waals surface area contributed by atoms with Crippen molar-refractivity contribution in [2.45, 2.75) is 38.6 Å². The summed E-state index contributed by atoms with van der Waals surface area (Å²) in [4.78, 5) is 31.3. The molecule has 3 rings (SSSR count). The standard InChI is InChI=1S/C19H25BrN4O2/c20-15-5-6-17-16(13-15)19(26)24(14-22-17)12-7-18(25)21-8-4-11-23-9-2-1-3-10-23/h5-6,13-14H,1-4,7-12H2,(H,21,25). The Kier molecular flexibility index (Phi) is 6.80. The van der Waals surface area contributed by atoms with Crippen LogP contribution in [0.15, 0.2) is 33.8 Å². The molecule has 7 heteroatoms. The van der Waals surface area contributed by atoms with Crippen LogP contribution in [0.4, 0.5) is 0 Å². The third-order valence-electron chi connectivity index (χ3n) is 4.79. The number of likely N-dealkylation sites (tertiary alicyclic amines) is 1. The minimum absolute atomic E-state index is 0.0233. The molecule has 2 aromatic rings. The second kappa shape index (κ2) is 9.28. The van der Waals surface area contributed by atoms with E-state index in [1.807, 2.05) is 6.07 Å². The molecule has 1 amide bonds. The van der Waals surface area contributed by atoms with Crippen molar-refractivity contribution in [1.29, 1.82) is 0 Å². The lowest BCUT2D eigenvalue weighted by atomic mass is 10.1. The first-order valence-electron chi connectivity index (χ1n) is 9.27. The van der Waals surface area contributed by atoms with Crippen LogP contribution in [0.25, 0.3) is 10.9 Å². The van der Waals surface area contributed by atoms with Crippen LogP contribution in [0.2, 0.25) is 0 Å². The number of aryl methyl sites for hydroxylation is 1. The lowest BCUT2D eigenvalue weighted by molar-refractivity contribution is -0.121. The van der Waals surface area contributed by atoms with Gasteiger partial charge >= 0.3 is 0 Å². The van der Waals surface area contributed by atoms with E-state index < -0.39 is 0 Å². The fraction of sp³-hybridized carbons (Fsp3) is 0.526. The van der Waals surface area contributed by atoms with Crippen LogP contribution in [-0.2, 0) is 11.3 Å². The number of benzene rings is 1. The Morgan fingerprint density at radius 1 is 1.19 bits per heavy atom. The quantitative estimate of drug-likeness (QED) is 0.698. The maximum atomic E-state index is 12.5. The van der Waals surface area contributed by atoms with E-state index in [1.165, 1.54) is 43.2 Å². The van der Waals surface area contributed by atoms with Gasteiger partial charge in [-0.3, -0.25) is 14.2 Å². The summed E-state index contributed by atoms with van der Waals surface area (Å²) in [6.07, 6.45) is 6.69. The SMILES string of the molecule is O=C(CCn1cnc2ccc(Br)cc2c1=O)NCCCN1CCCCC1. The van der Waals surface area contributed by atoms with Crippen molar-refractivity contribution in [3.63, 3.8) is 0 Å². The van der Waals surface area contributed by atoms with E-state index in [0.717, 1.165) is 17.4 Å². The number of carbonyl (C=O) groups is 1. The van der Waals surface area contributed by atoms with Gasteiger partial charge in [0.05, 0.1) is 17.2 Å². The summed E-state index contributed by atoms with van der Waals surface area (Å²) in [5, 5.41) is 3.51. The van der Waals surface area contributed by atoms with E-state index in [1.54, 1.807) is 12.1 Å². The molecule has 0 radical (unpaired) electrons. The number of hydrogen-bond acceptors (Lipinski definition) is 4. The second-order valence-electron chi connectivity index (χ2n) is 6.76. The summed E-state index contributed by atoms with van der Waals surface area (Å²) in [6, 6.07) is 5.43. The average Bonchev–Trinajstić information content (AvgIpc) is 2.66. The molecule has 6 nitrogen and oxygen atoms in total. The molecule has 0 bridgehead atoms. The number of nitrogens with zero attached hydrogens (tertiary/aromatic N) is 3. The Bertz CT molecular complexity index is 815. The van der Waals surface area contributed by atoms with Gasteiger partial charge in [0.25, 0.3) is 5.56 Å². The zero-order valence-corrected chi connectivity index (χ0v) is 16.5. The molecule has 1 saturated heterocycles. The van der Waals surface area contributed by atoms with Crippen molar-refractivity contribution >= 4 is 32.7 Å². The lowest BCUT2D eigenvalue weighted by Crippen LogP contribution is -2.33. The molecule has 140 valence electrons. The van der Waals surface area contributed by atoms with Gasteiger partial charge in [0, 0.05) is 24.0 Å². The molecular weight excluding hydrogens is 396 g/mol. The number of fused-ring (bicyclic) bond motifs is 1. The fourth-order valence-electron chi connectivity index (χ4n) is 3.31. The molecular formula is C19H25BrN4O2. The highest BCUT2D eigenvalue weighted by molar-refractivity contribution is 9.10. The Balaban J connectivity index is 1.44. The van der Waals surface area contributed by atoms with E-state index in [-0.39, 0.29) is 17.9 Å². The van der Waals surface area contributed by atoms with E-state index in [0.29, 0.717) is 24.0 Å². The van der Waals surface area contributed by atoms with E-state index >= 15 is 0 Å². The number of rotatable bonds is 7. The zero-order chi connectivity index (χ0) is 18.4. The molecule has 0 unspecified atom stereocenters. The minimum atomic E-state index is -0.116. The van der Waals surface area contributed by atoms with Gasteiger partial charge in [0.15, 0.2) is 0 Å². The van der Waals surface area contributed by atoms with Gasteiger partial charge in [-0.05, 0) is 57.1 Å². The van der Waals surface area contributed by atoms with Gasteiger partial charge < -0.3 is 10.2 Å². The van der Waals surface area contributed by atoms with E-state index in [9.17, 15) is 9.59 Å². The number of amides is 1. The summed E-state index contributed by atoms with van der Waals surface area (Å²) in [5.74, 6) is -0.0233. The van der Waals surface area contributed by atoms with Gasteiger partial charge in [-0.2, -0.15) is 0 Å². The molecule has 1 aliphatic heterocycles. The Morgan fingerprint density at radius 3 is 2.81 bits per heavy atom.